The molecular weight excluding hydrogens is 186 g/mol. The van der Waals surface area contributed by atoms with Crippen molar-refractivity contribution < 1.29 is 19.4 Å². The number of hydrogen-bond donors (Lipinski definition) is 0. The van der Waals surface area contributed by atoms with E-state index in [1.54, 1.807) is 27.7 Å². The maximum absolute atomic E-state index is 11.3. The third-order valence-electron chi connectivity index (χ3n) is 1.35. The summed E-state index contributed by atoms with van der Waals surface area (Å²) >= 11 is 0. The molecule has 0 saturated heterocycles. The van der Waals surface area contributed by atoms with Gasteiger partial charge in [-0.1, -0.05) is 0 Å². The van der Waals surface area contributed by atoms with E-state index < -0.39 is 24.2 Å². The molecule has 0 fully saturated rings. The Morgan fingerprint density at radius 3 is 2.14 bits per heavy atom. The van der Waals surface area contributed by atoms with E-state index in [0.29, 0.717) is 0 Å². The average molecular weight is 202 g/mol. The molecule has 0 N–H and O–H groups in total. The van der Waals surface area contributed by atoms with Gasteiger partial charge in [-0.2, -0.15) is 0 Å². The maximum Gasteiger partial charge on any atom is 0.410 e. The molecular formula is C9H16NO4-. The van der Waals surface area contributed by atoms with E-state index in [1.165, 1.54) is 0 Å². The molecule has 0 aliphatic heterocycles. The largest absolute Gasteiger partial charge is 0.548 e. The van der Waals surface area contributed by atoms with E-state index in [-0.39, 0.29) is 6.54 Å². The number of likely N-dealkylation sites (N-methyl/N-ethyl adjacent to an activating group) is 1. The van der Waals surface area contributed by atoms with Crippen molar-refractivity contribution in [1.29, 1.82) is 0 Å². The Morgan fingerprint density at radius 2 is 1.86 bits per heavy atom. The molecule has 0 aromatic carbocycles. The first-order chi connectivity index (χ1) is 6.26. The Hall–Kier alpha value is -1.26. The van der Waals surface area contributed by atoms with Crippen molar-refractivity contribution in [2.45, 2.75) is 33.3 Å². The topological polar surface area (TPSA) is 69.7 Å². The number of aliphatic carboxylic acids is 1. The fourth-order valence-electron chi connectivity index (χ4n) is 0.788. The second-order valence-electron chi connectivity index (χ2n) is 3.87. The Kier molecular flexibility index (Phi) is 4.40. The maximum atomic E-state index is 11.3. The lowest BCUT2D eigenvalue weighted by molar-refractivity contribution is -0.305. The number of ether oxygens (including phenoxy) is 1. The number of carbonyl (C=O) groups excluding carboxylic acids is 2. The first kappa shape index (κ1) is 12.7. The van der Waals surface area contributed by atoms with Crippen LogP contribution in [0, 0.1) is 0 Å². The Bertz CT molecular complexity index is 219. The molecule has 0 unspecified atom stereocenters. The van der Waals surface area contributed by atoms with E-state index >= 15 is 0 Å². The van der Waals surface area contributed by atoms with Gasteiger partial charge in [-0.25, -0.2) is 4.79 Å². The van der Waals surface area contributed by atoms with Crippen molar-refractivity contribution in [2.24, 2.45) is 0 Å². The highest BCUT2D eigenvalue weighted by molar-refractivity contribution is 5.75. The lowest BCUT2D eigenvalue weighted by Crippen LogP contribution is -2.43. The molecule has 5 heteroatoms. The number of nitrogens with zero attached hydrogens (tertiary/aromatic N) is 1. The van der Waals surface area contributed by atoms with Crippen molar-refractivity contribution in [3.63, 3.8) is 0 Å². The van der Waals surface area contributed by atoms with Crippen molar-refractivity contribution in [3.05, 3.63) is 0 Å². The molecule has 14 heavy (non-hydrogen) atoms. The van der Waals surface area contributed by atoms with Crippen LogP contribution in [0.5, 0.6) is 0 Å². The highest BCUT2D eigenvalue weighted by Gasteiger charge is 2.20. The number of amides is 1. The first-order valence-corrected chi connectivity index (χ1v) is 4.44. The molecule has 0 radical (unpaired) electrons. The molecule has 0 aliphatic rings. The first-order valence-electron chi connectivity index (χ1n) is 4.44. The summed E-state index contributed by atoms with van der Waals surface area (Å²) in [5.41, 5.74) is -0.615. The average Bonchev–Trinajstić information content (AvgIpc) is 1.96. The summed E-state index contributed by atoms with van der Waals surface area (Å²) in [4.78, 5) is 22.7. The fraction of sp³-hybridized carbons (Fsp3) is 0.778. The molecule has 0 aromatic rings. The van der Waals surface area contributed by atoms with Crippen molar-refractivity contribution in [3.8, 4) is 0 Å². The van der Waals surface area contributed by atoms with Crippen LogP contribution >= 0.6 is 0 Å². The van der Waals surface area contributed by atoms with Crippen LogP contribution in [0.2, 0.25) is 0 Å². The van der Waals surface area contributed by atoms with Gasteiger partial charge in [0.25, 0.3) is 0 Å². The van der Waals surface area contributed by atoms with Gasteiger partial charge < -0.3 is 19.5 Å². The van der Waals surface area contributed by atoms with Crippen LogP contribution in [0.1, 0.15) is 27.7 Å². The molecule has 82 valence electrons. The second-order valence-corrected chi connectivity index (χ2v) is 3.87. The van der Waals surface area contributed by atoms with Crippen LogP contribution in [0.4, 0.5) is 4.79 Å². The summed E-state index contributed by atoms with van der Waals surface area (Å²) in [6, 6.07) is 0. The Morgan fingerprint density at radius 1 is 1.36 bits per heavy atom. The third kappa shape index (κ3) is 5.40. The van der Waals surface area contributed by atoms with Gasteiger partial charge in [0.05, 0.1) is 12.5 Å². The van der Waals surface area contributed by atoms with Crippen LogP contribution in [-0.2, 0) is 9.53 Å². The zero-order valence-electron chi connectivity index (χ0n) is 8.99. The number of carboxylic acid groups (broad SMARTS) is 1. The molecule has 1 amide bonds. The predicted molar refractivity (Wildman–Crippen MR) is 48.5 cm³/mol. The number of hydrogen-bond acceptors (Lipinski definition) is 4. The van der Waals surface area contributed by atoms with E-state index in [4.69, 9.17) is 4.74 Å². The molecule has 0 aromatic heterocycles. The molecule has 0 heterocycles. The van der Waals surface area contributed by atoms with Gasteiger partial charge in [-0.15, -0.1) is 0 Å². The quantitative estimate of drug-likeness (QED) is 0.645. The number of carboxylic acids is 1. The zero-order valence-corrected chi connectivity index (χ0v) is 8.99. The Labute approximate surface area is 83.6 Å². The van der Waals surface area contributed by atoms with Crippen LogP contribution < -0.4 is 5.11 Å². The van der Waals surface area contributed by atoms with Crippen LogP contribution in [-0.4, -0.2) is 35.7 Å². The van der Waals surface area contributed by atoms with E-state index in [1.807, 2.05) is 0 Å². The highest BCUT2D eigenvalue weighted by atomic mass is 16.6. The molecule has 5 nitrogen and oxygen atoms in total. The smallest absolute Gasteiger partial charge is 0.410 e. The van der Waals surface area contributed by atoms with Gasteiger partial charge >= 0.3 is 6.09 Å². The van der Waals surface area contributed by atoms with Crippen molar-refractivity contribution in [1.82, 2.24) is 4.90 Å². The van der Waals surface area contributed by atoms with Gasteiger partial charge in [-0.05, 0) is 27.7 Å². The molecule has 0 spiro atoms. The summed E-state index contributed by atoms with van der Waals surface area (Å²) in [5.74, 6) is -1.29. The molecule has 0 atom stereocenters. The minimum absolute atomic E-state index is 0.281. The zero-order chi connectivity index (χ0) is 11.4. The lowest BCUT2D eigenvalue weighted by atomic mass is 10.2. The standard InChI is InChI=1S/C9H17NO4/c1-5-10(6-7(11)12)8(13)14-9(2,3)4/h5-6H2,1-4H3,(H,11,12)/p-1. The normalized spacial score (nSPS) is 10.9. The van der Waals surface area contributed by atoms with Crippen LogP contribution in [0.3, 0.4) is 0 Å². The van der Waals surface area contributed by atoms with Crippen LogP contribution in [0.25, 0.3) is 0 Å². The Balaban J connectivity index is 4.25. The lowest BCUT2D eigenvalue weighted by Gasteiger charge is -2.26. The van der Waals surface area contributed by atoms with Gasteiger partial charge in [0, 0.05) is 6.54 Å². The number of carbonyl (C=O) groups is 2. The van der Waals surface area contributed by atoms with Crippen molar-refractivity contribution in [2.75, 3.05) is 13.1 Å². The number of rotatable bonds is 3. The summed E-state index contributed by atoms with van der Waals surface area (Å²) < 4.78 is 4.99. The monoisotopic (exact) mass is 202 g/mol. The van der Waals surface area contributed by atoms with E-state index in [2.05, 4.69) is 0 Å². The second kappa shape index (κ2) is 4.83. The highest BCUT2D eigenvalue weighted by Crippen LogP contribution is 2.09. The van der Waals surface area contributed by atoms with E-state index in [9.17, 15) is 14.7 Å². The fourth-order valence-corrected chi connectivity index (χ4v) is 0.788. The third-order valence-corrected chi connectivity index (χ3v) is 1.35. The van der Waals surface area contributed by atoms with Gasteiger partial charge in [0.2, 0.25) is 0 Å². The summed E-state index contributed by atoms with van der Waals surface area (Å²) in [7, 11) is 0. The van der Waals surface area contributed by atoms with Gasteiger partial charge in [0.15, 0.2) is 0 Å². The molecule has 0 rings (SSSR count). The SMILES string of the molecule is CCN(CC(=O)[O-])C(=O)OC(C)(C)C. The van der Waals surface area contributed by atoms with Gasteiger partial charge in [-0.3, -0.25) is 0 Å². The summed E-state index contributed by atoms with van der Waals surface area (Å²) in [6.45, 7) is 6.68. The predicted octanol–water partition coefficient (Wildman–Crippen LogP) is -0.00670. The van der Waals surface area contributed by atoms with Crippen LogP contribution in [0.15, 0.2) is 0 Å². The molecule has 0 bridgehead atoms. The van der Waals surface area contributed by atoms with Gasteiger partial charge in [0.1, 0.15) is 5.60 Å². The van der Waals surface area contributed by atoms with Crippen molar-refractivity contribution >= 4 is 12.1 Å². The minimum atomic E-state index is -1.29. The van der Waals surface area contributed by atoms with E-state index in [0.717, 1.165) is 4.90 Å². The summed E-state index contributed by atoms with van der Waals surface area (Å²) in [6.07, 6.45) is -0.635. The molecule has 0 saturated carbocycles. The summed E-state index contributed by atoms with van der Waals surface area (Å²) in [5, 5.41) is 10.3. The molecule has 0 aliphatic carbocycles. The minimum Gasteiger partial charge on any atom is -0.548 e.